The standard InChI is InChI=1S/C45H65N7O14S/c1-67-22-11-31(44(64)46-25-34(53)23-32(45(65)66)5-2-3-12-52-38(55)8-9-39(52)56)24-37(54)36-7-4-6-33-26-51(13-10-35(33)36)40(57)27-47-14-16-48(28-41(58)59)18-20-50(30-43(62)63)21-19-49(17-15-47)29-42(60)61/h4,6-9,31-33,35H,2-3,5,10-30H2,1H3,(H,46,64)(H,58,59)(H,60,61)(H,62,63)(H,65,66)/t31-,32-,33?,35?/m1/s1. The van der Waals surface area contributed by atoms with Gasteiger partial charge in [0, 0.05) is 109 Å². The fraction of sp³-hybridized carbons (Fsp3) is 0.644. The lowest BCUT2D eigenvalue weighted by molar-refractivity contribution is -0.144. The molecule has 4 aliphatic rings. The zero-order valence-electron chi connectivity index (χ0n) is 38.1. The second-order valence-corrected chi connectivity index (χ2v) is 18.4. The van der Waals surface area contributed by atoms with Gasteiger partial charge in [-0.05, 0) is 49.2 Å². The molecule has 2 saturated heterocycles. The summed E-state index contributed by atoms with van der Waals surface area (Å²) < 4.78 is 0. The highest BCUT2D eigenvalue weighted by Crippen LogP contribution is 2.35. The third-order valence-corrected chi connectivity index (χ3v) is 13.2. The smallest absolute Gasteiger partial charge is 0.317 e. The van der Waals surface area contributed by atoms with Crippen molar-refractivity contribution < 1.29 is 68.4 Å². The van der Waals surface area contributed by atoms with Crippen molar-refractivity contribution >= 4 is 70.8 Å². The van der Waals surface area contributed by atoms with E-state index in [9.17, 15) is 68.4 Å². The quantitative estimate of drug-likeness (QED) is 0.0576. The first-order valence-corrected chi connectivity index (χ1v) is 24.1. The summed E-state index contributed by atoms with van der Waals surface area (Å²) in [5, 5.41) is 40.9. The van der Waals surface area contributed by atoms with Crippen molar-refractivity contribution in [3.05, 3.63) is 36.0 Å². The number of hydrogen-bond acceptors (Lipinski definition) is 15. The summed E-state index contributed by atoms with van der Waals surface area (Å²) in [5.41, 5.74) is 0.554. The molecule has 22 heteroatoms. The number of thioether (sulfide) groups is 1. The molecule has 0 aromatic carbocycles. The largest absolute Gasteiger partial charge is 0.481 e. The lowest BCUT2D eigenvalue weighted by Gasteiger charge is -2.40. The number of nitrogens with one attached hydrogen (secondary N) is 1. The molecule has 4 atom stereocenters. The number of rotatable bonds is 25. The first-order valence-electron chi connectivity index (χ1n) is 22.7. The maximum Gasteiger partial charge on any atom is 0.317 e. The van der Waals surface area contributed by atoms with E-state index in [-0.39, 0.29) is 115 Å². The molecule has 21 nitrogen and oxygen atoms in total. The van der Waals surface area contributed by atoms with E-state index in [1.807, 2.05) is 17.2 Å². The minimum absolute atomic E-state index is 0.00924. The van der Waals surface area contributed by atoms with Gasteiger partial charge in [-0.15, -0.1) is 0 Å². The summed E-state index contributed by atoms with van der Waals surface area (Å²) >= 11 is 1.50. The van der Waals surface area contributed by atoms with Crippen molar-refractivity contribution in [1.82, 2.24) is 34.7 Å². The second-order valence-electron chi connectivity index (χ2n) is 17.5. The van der Waals surface area contributed by atoms with Crippen molar-refractivity contribution in [3.8, 4) is 0 Å². The third-order valence-electron chi connectivity index (χ3n) is 12.6. The predicted molar refractivity (Wildman–Crippen MR) is 244 cm³/mol. The number of carboxylic acid groups (broad SMARTS) is 4. The van der Waals surface area contributed by atoms with Crippen LogP contribution in [0.2, 0.25) is 0 Å². The Morgan fingerprint density at radius 2 is 1.24 bits per heavy atom. The second kappa shape index (κ2) is 27.5. The molecule has 0 aromatic heterocycles. The monoisotopic (exact) mass is 959 g/mol. The molecule has 0 bridgehead atoms. The highest BCUT2D eigenvalue weighted by atomic mass is 32.2. The molecule has 0 aromatic rings. The lowest BCUT2D eigenvalue weighted by atomic mass is 9.74. The Bertz CT molecular complexity index is 1880. The molecule has 4 rings (SSSR count). The van der Waals surface area contributed by atoms with Gasteiger partial charge in [-0.3, -0.25) is 72.4 Å². The van der Waals surface area contributed by atoms with Crippen LogP contribution in [0.3, 0.4) is 0 Å². The topological polar surface area (TPSA) is 283 Å². The Labute approximate surface area is 394 Å². The zero-order valence-corrected chi connectivity index (χ0v) is 38.9. The van der Waals surface area contributed by atoms with Gasteiger partial charge in [-0.1, -0.05) is 24.6 Å². The van der Waals surface area contributed by atoms with Crippen LogP contribution in [0.4, 0.5) is 0 Å². The van der Waals surface area contributed by atoms with E-state index in [1.54, 1.807) is 31.8 Å². The van der Waals surface area contributed by atoms with Crippen LogP contribution >= 0.6 is 11.8 Å². The number of aliphatic carboxylic acids is 4. The van der Waals surface area contributed by atoms with Crippen molar-refractivity contribution in [2.75, 3.05) is 117 Å². The number of Topliss-reactive ketones (excluding diaryl/α,β-unsaturated/α-hetero) is 2. The van der Waals surface area contributed by atoms with Gasteiger partial charge in [0.1, 0.15) is 0 Å². The number of ketones is 2. The van der Waals surface area contributed by atoms with Gasteiger partial charge >= 0.3 is 23.9 Å². The Kier molecular flexibility index (Phi) is 22.3. The molecule has 0 saturated carbocycles. The number of amides is 4. The number of imide groups is 1. The van der Waals surface area contributed by atoms with Crippen LogP contribution < -0.4 is 5.32 Å². The van der Waals surface area contributed by atoms with Crippen molar-refractivity contribution in [3.63, 3.8) is 0 Å². The van der Waals surface area contributed by atoms with Gasteiger partial charge in [-0.25, -0.2) is 0 Å². The molecule has 370 valence electrons. The molecule has 3 heterocycles. The molecule has 0 radical (unpaired) electrons. The van der Waals surface area contributed by atoms with Crippen LogP contribution in [0, 0.1) is 23.7 Å². The summed E-state index contributed by atoms with van der Waals surface area (Å²) in [6, 6.07) is 0. The van der Waals surface area contributed by atoms with Crippen LogP contribution in [0.5, 0.6) is 0 Å². The van der Waals surface area contributed by atoms with Crippen LogP contribution in [-0.2, 0) is 47.9 Å². The van der Waals surface area contributed by atoms with E-state index in [0.717, 1.165) is 4.90 Å². The molecule has 67 heavy (non-hydrogen) atoms. The Hall–Kier alpha value is -5.29. The molecule has 0 spiro atoms. The molecule has 3 aliphatic heterocycles. The van der Waals surface area contributed by atoms with Gasteiger partial charge in [0.05, 0.1) is 38.6 Å². The molecule has 2 unspecified atom stereocenters. The van der Waals surface area contributed by atoms with Crippen LogP contribution in [0.1, 0.15) is 44.9 Å². The number of unbranched alkanes of at least 4 members (excludes halogenated alkanes) is 1. The average molecular weight is 960 g/mol. The number of carboxylic acids is 4. The van der Waals surface area contributed by atoms with Gasteiger partial charge in [0.15, 0.2) is 11.6 Å². The normalized spacial score (nSPS) is 21.1. The number of hydrogen-bond donors (Lipinski definition) is 5. The Balaban J connectivity index is 1.31. The first kappa shape index (κ1) is 54.3. The average Bonchev–Trinajstić information content (AvgIpc) is 3.60. The first-order chi connectivity index (χ1) is 31.9. The number of likely N-dealkylation sites (tertiary alicyclic amines) is 1. The molecular formula is C45H65N7O14S. The van der Waals surface area contributed by atoms with E-state index in [0.29, 0.717) is 63.2 Å². The maximum atomic E-state index is 14.0. The third kappa shape index (κ3) is 18.4. The number of carbonyl (C=O) groups excluding carboxylic acids is 6. The summed E-state index contributed by atoms with van der Waals surface area (Å²) in [5.74, 6) is -8.09. The van der Waals surface area contributed by atoms with Crippen molar-refractivity contribution in [2.24, 2.45) is 23.7 Å². The summed E-state index contributed by atoms with van der Waals surface area (Å²) in [6.45, 7) is 1.75. The number of fused-ring (bicyclic) bond motifs is 1. The summed E-state index contributed by atoms with van der Waals surface area (Å²) in [7, 11) is 0. The fourth-order valence-electron chi connectivity index (χ4n) is 8.82. The Morgan fingerprint density at radius 3 is 1.75 bits per heavy atom. The van der Waals surface area contributed by atoms with Crippen molar-refractivity contribution in [1.29, 1.82) is 0 Å². The van der Waals surface area contributed by atoms with Gasteiger partial charge in [0.2, 0.25) is 11.8 Å². The fourth-order valence-corrected chi connectivity index (χ4v) is 9.34. The van der Waals surface area contributed by atoms with Crippen LogP contribution in [-0.4, -0.2) is 226 Å². The number of piperidine rings is 1. The van der Waals surface area contributed by atoms with Crippen molar-refractivity contribution in [2.45, 2.75) is 44.9 Å². The zero-order chi connectivity index (χ0) is 49.0. The minimum atomic E-state index is -1.17. The van der Waals surface area contributed by atoms with Gasteiger partial charge in [0.25, 0.3) is 11.8 Å². The minimum Gasteiger partial charge on any atom is -0.481 e. The Morgan fingerprint density at radius 1 is 0.701 bits per heavy atom. The van der Waals surface area contributed by atoms with E-state index in [4.69, 9.17) is 0 Å². The summed E-state index contributed by atoms with van der Waals surface area (Å²) in [6.07, 6.45) is 11.0. The predicted octanol–water partition coefficient (Wildman–Crippen LogP) is -0.377. The molecular weight excluding hydrogens is 895 g/mol. The molecule has 4 amide bonds. The van der Waals surface area contributed by atoms with E-state index in [1.165, 1.54) is 23.9 Å². The lowest BCUT2D eigenvalue weighted by Crippen LogP contribution is -2.51. The van der Waals surface area contributed by atoms with E-state index < -0.39 is 65.8 Å². The number of allylic oxidation sites excluding steroid dienone is 3. The van der Waals surface area contributed by atoms with E-state index >= 15 is 0 Å². The molecule has 5 N–H and O–H groups in total. The van der Waals surface area contributed by atoms with Gasteiger partial charge in [-0.2, -0.15) is 11.8 Å². The van der Waals surface area contributed by atoms with Crippen LogP contribution in [0.25, 0.3) is 0 Å². The SMILES string of the molecule is CSCC[C@H](CC(=O)C1=CC=CC2CN(C(=O)CN3CCN(CC(=O)O)CCN(CC(=O)O)CCN(CC(=O)O)CC3)CCC12)C(=O)NCC(=O)C[C@@H](CCCCN1C(=O)C=CC1=O)C(=O)O. The highest BCUT2D eigenvalue weighted by molar-refractivity contribution is 7.98. The highest BCUT2D eigenvalue weighted by Gasteiger charge is 2.37. The van der Waals surface area contributed by atoms with E-state index in [2.05, 4.69) is 5.32 Å². The summed E-state index contributed by atoms with van der Waals surface area (Å²) in [4.78, 5) is 134. The van der Waals surface area contributed by atoms with Gasteiger partial charge < -0.3 is 30.6 Å². The number of nitrogens with zero attached hydrogens (tertiary/aromatic N) is 6. The van der Waals surface area contributed by atoms with Crippen LogP contribution in [0.15, 0.2) is 36.0 Å². The molecule has 2 fully saturated rings. The number of carbonyl (C=O) groups is 10. The molecule has 1 aliphatic carbocycles. The maximum absolute atomic E-state index is 14.0.